The first-order valence-corrected chi connectivity index (χ1v) is 6.75. The number of aryl methyl sites for hydroxylation is 1. The summed E-state index contributed by atoms with van der Waals surface area (Å²) in [6, 6.07) is 6.93. The van der Waals surface area contributed by atoms with Crippen LogP contribution in [-0.4, -0.2) is 32.4 Å². The fourth-order valence-electron chi connectivity index (χ4n) is 1.73. The van der Waals surface area contributed by atoms with Gasteiger partial charge in [0.05, 0.1) is 4.90 Å². The Morgan fingerprint density at radius 3 is 2.29 bits per heavy atom. The van der Waals surface area contributed by atoms with Crippen LogP contribution in [-0.2, 0) is 10.0 Å². The standard InChI is InChI=1S/C11H16N2O2S.ClH/c1-9-2-4-11(5-3-9)16(14,15)13-7-10(6-12)8-13;/h2-5,10H,6-8,12H2,1H3;1H. The van der Waals surface area contributed by atoms with Crippen LogP contribution < -0.4 is 5.73 Å². The Kier molecular flexibility index (Phi) is 4.55. The van der Waals surface area contributed by atoms with Gasteiger partial charge >= 0.3 is 0 Å². The smallest absolute Gasteiger partial charge is 0.243 e. The highest BCUT2D eigenvalue weighted by molar-refractivity contribution is 7.89. The molecule has 2 rings (SSSR count). The van der Waals surface area contributed by atoms with E-state index in [-0.39, 0.29) is 12.4 Å². The molecule has 96 valence electrons. The van der Waals surface area contributed by atoms with Crippen LogP contribution in [0.5, 0.6) is 0 Å². The van der Waals surface area contributed by atoms with Gasteiger partial charge in [-0.25, -0.2) is 8.42 Å². The lowest BCUT2D eigenvalue weighted by atomic mass is 10.0. The third-order valence-electron chi connectivity index (χ3n) is 2.92. The van der Waals surface area contributed by atoms with Crippen molar-refractivity contribution in [2.75, 3.05) is 19.6 Å². The summed E-state index contributed by atoms with van der Waals surface area (Å²) in [4.78, 5) is 0.369. The van der Waals surface area contributed by atoms with Gasteiger partial charge in [0.2, 0.25) is 10.0 Å². The molecule has 2 N–H and O–H groups in total. The molecule has 1 aliphatic heterocycles. The molecular weight excluding hydrogens is 260 g/mol. The first-order chi connectivity index (χ1) is 7.54. The quantitative estimate of drug-likeness (QED) is 0.896. The first kappa shape index (κ1) is 14.4. The molecule has 0 atom stereocenters. The Bertz CT molecular complexity index is 467. The highest BCUT2D eigenvalue weighted by Crippen LogP contribution is 2.24. The third kappa shape index (κ3) is 2.80. The monoisotopic (exact) mass is 276 g/mol. The highest BCUT2D eigenvalue weighted by atomic mass is 35.5. The Morgan fingerprint density at radius 2 is 1.82 bits per heavy atom. The largest absolute Gasteiger partial charge is 0.330 e. The third-order valence-corrected chi connectivity index (χ3v) is 4.76. The number of hydrogen-bond acceptors (Lipinski definition) is 3. The minimum absolute atomic E-state index is 0. The molecule has 0 amide bonds. The van der Waals surface area contributed by atoms with Crippen molar-refractivity contribution in [3.63, 3.8) is 0 Å². The van der Waals surface area contributed by atoms with E-state index in [2.05, 4.69) is 0 Å². The molecule has 1 fully saturated rings. The lowest BCUT2D eigenvalue weighted by Gasteiger charge is -2.37. The fraction of sp³-hybridized carbons (Fsp3) is 0.455. The van der Waals surface area contributed by atoms with E-state index in [0.717, 1.165) is 5.56 Å². The van der Waals surface area contributed by atoms with Gasteiger partial charge in [-0.2, -0.15) is 4.31 Å². The van der Waals surface area contributed by atoms with E-state index in [1.807, 2.05) is 19.1 Å². The first-order valence-electron chi connectivity index (χ1n) is 5.31. The predicted molar refractivity (Wildman–Crippen MR) is 69.7 cm³/mol. The summed E-state index contributed by atoms with van der Waals surface area (Å²) in [5.41, 5.74) is 6.53. The van der Waals surface area contributed by atoms with Gasteiger partial charge in [-0.3, -0.25) is 0 Å². The topological polar surface area (TPSA) is 63.4 Å². The summed E-state index contributed by atoms with van der Waals surface area (Å²) in [6.07, 6.45) is 0. The molecule has 0 aliphatic carbocycles. The van der Waals surface area contributed by atoms with Gasteiger partial charge in [-0.1, -0.05) is 17.7 Å². The number of nitrogens with two attached hydrogens (primary N) is 1. The van der Waals surface area contributed by atoms with Crippen molar-refractivity contribution in [3.8, 4) is 0 Å². The van der Waals surface area contributed by atoms with Crippen LogP contribution in [0, 0.1) is 12.8 Å². The molecule has 0 unspecified atom stereocenters. The van der Waals surface area contributed by atoms with Gasteiger partial charge in [0.15, 0.2) is 0 Å². The van der Waals surface area contributed by atoms with Crippen molar-refractivity contribution in [1.82, 2.24) is 4.31 Å². The molecule has 1 saturated heterocycles. The Morgan fingerprint density at radius 1 is 1.29 bits per heavy atom. The normalized spacial score (nSPS) is 17.3. The fourth-order valence-corrected chi connectivity index (χ4v) is 3.32. The van der Waals surface area contributed by atoms with Gasteiger partial charge in [-0.05, 0) is 31.5 Å². The van der Waals surface area contributed by atoms with Crippen LogP contribution >= 0.6 is 12.4 Å². The molecule has 4 nitrogen and oxygen atoms in total. The van der Waals surface area contributed by atoms with Crippen molar-refractivity contribution in [1.29, 1.82) is 0 Å². The molecule has 17 heavy (non-hydrogen) atoms. The maximum atomic E-state index is 12.1. The average molecular weight is 277 g/mol. The Labute approximate surface area is 108 Å². The van der Waals surface area contributed by atoms with Gasteiger partial charge in [0, 0.05) is 13.1 Å². The van der Waals surface area contributed by atoms with Gasteiger partial charge < -0.3 is 5.73 Å². The number of hydrogen-bond donors (Lipinski definition) is 1. The molecule has 0 radical (unpaired) electrons. The zero-order valence-electron chi connectivity index (χ0n) is 9.67. The van der Waals surface area contributed by atoms with Crippen molar-refractivity contribution < 1.29 is 8.42 Å². The SMILES string of the molecule is Cc1ccc(S(=O)(=O)N2CC(CN)C2)cc1.Cl. The van der Waals surface area contributed by atoms with Gasteiger partial charge in [0.1, 0.15) is 0 Å². The number of halogens is 1. The summed E-state index contributed by atoms with van der Waals surface area (Å²) in [5.74, 6) is 0.320. The zero-order valence-corrected chi connectivity index (χ0v) is 11.3. The minimum Gasteiger partial charge on any atom is -0.330 e. The summed E-state index contributed by atoms with van der Waals surface area (Å²) >= 11 is 0. The van der Waals surface area contributed by atoms with Crippen LogP contribution in [0.3, 0.4) is 0 Å². The molecule has 1 aromatic carbocycles. The molecule has 1 heterocycles. The zero-order chi connectivity index (χ0) is 11.8. The van der Waals surface area contributed by atoms with E-state index < -0.39 is 10.0 Å². The molecule has 0 aromatic heterocycles. The van der Waals surface area contributed by atoms with Crippen LogP contribution in [0.15, 0.2) is 29.2 Å². The lowest BCUT2D eigenvalue weighted by Crippen LogP contribution is -2.52. The van der Waals surface area contributed by atoms with Crippen LogP contribution in [0.25, 0.3) is 0 Å². The second kappa shape index (κ2) is 5.35. The molecule has 1 aliphatic rings. The lowest BCUT2D eigenvalue weighted by molar-refractivity contribution is 0.207. The van der Waals surface area contributed by atoms with Crippen molar-refractivity contribution in [2.24, 2.45) is 11.7 Å². The second-order valence-corrected chi connectivity index (χ2v) is 6.17. The molecule has 0 saturated carbocycles. The van der Waals surface area contributed by atoms with Gasteiger partial charge in [0.25, 0.3) is 0 Å². The van der Waals surface area contributed by atoms with E-state index in [1.165, 1.54) is 4.31 Å². The van der Waals surface area contributed by atoms with E-state index in [9.17, 15) is 8.42 Å². The molecule has 6 heteroatoms. The summed E-state index contributed by atoms with van der Waals surface area (Å²) in [6.45, 7) is 3.59. The second-order valence-electron chi connectivity index (χ2n) is 4.24. The van der Waals surface area contributed by atoms with Crippen LogP contribution in [0.2, 0.25) is 0 Å². The van der Waals surface area contributed by atoms with Gasteiger partial charge in [-0.15, -0.1) is 12.4 Å². The van der Waals surface area contributed by atoms with E-state index in [1.54, 1.807) is 12.1 Å². The molecular formula is C11H17ClN2O2S. The van der Waals surface area contributed by atoms with Crippen LogP contribution in [0.1, 0.15) is 5.56 Å². The minimum atomic E-state index is -3.28. The number of nitrogens with zero attached hydrogens (tertiary/aromatic N) is 1. The van der Waals surface area contributed by atoms with Crippen molar-refractivity contribution in [2.45, 2.75) is 11.8 Å². The maximum Gasteiger partial charge on any atom is 0.243 e. The van der Waals surface area contributed by atoms with Crippen molar-refractivity contribution >= 4 is 22.4 Å². The number of sulfonamides is 1. The summed E-state index contributed by atoms with van der Waals surface area (Å²) < 4.78 is 25.6. The maximum absolute atomic E-state index is 12.1. The van der Waals surface area contributed by atoms with E-state index in [4.69, 9.17) is 5.73 Å². The van der Waals surface area contributed by atoms with E-state index in [0.29, 0.717) is 30.4 Å². The summed E-state index contributed by atoms with van der Waals surface area (Å²) in [7, 11) is -3.28. The molecule has 0 bridgehead atoms. The number of benzene rings is 1. The predicted octanol–water partition coefficient (Wildman–Crippen LogP) is 0.996. The Balaban J connectivity index is 0.00000144. The Hall–Kier alpha value is -0.620. The number of rotatable bonds is 3. The summed E-state index contributed by atoms with van der Waals surface area (Å²) in [5, 5.41) is 0. The van der Waals surface area contributed by atoms with E-state index >= 15 is 0 Å². The highest BCUT2D eigenvalue weighted by Gasteiger charge is 2.35. The average Bonchev–Trinajstić information content (AvgIpc) is 2.16. The molecule has 1 aromatic rings. The van der Waals surface area contributed by atoms with Crippen LogP contribution in [0.4, 0.5) is 0 Å². The van der Waals surface area contributed by atoms with Crippen molar-refractivity contribution in [3.05, 3.63) is 29.8 Å². The molecule has 0 spiro atoms.